The predicted molar refractivity (Wildman–Crippen MR) is 85.7 cm³/mol. The Balaban J connectivity index is 1.81. The van der Waals surface area contributed by atoms with E-state index in [2.05, 4.69) is 10.2 Å². The van der Waals surface area contributed by atoms with Crippen molar-refractivity contribution < 1.29 is 14.6 Å². The number of piperidine rings is 1. The van der Waals surface area contributed by atoms with E-state index in [1.807, 2.05) is 31.2 Å². The molecule has 2 rings (SSSR count). The molecule has 2 N–H and O–H groups in total. The smallest absolute Gasteiger partial charge is 0.237 e. The van der Waals surface area contributed by atoms with Gasteiger partial charge in [-0.2, -0.15) is 0 Å². The van der Waals surface area contributed by atoms with Crippen LogP contribution in [0.1, 0.15) is 25.3 Å². The highest BCUT2D eigenvalue weighted by atomic mass is 16.5. The summed E-state index contributed by atoms with van der Waals surface area (Å²) in [5.41, 5.74) is 1.03. The van der Waals surface area contributed by atoms with E-state index in [-0.39, 0.29) is 18.6 Å². The molecule has 1 amide bonds. The molecule has 1 aromatic rings. The maximum atomic E-state index is 12.3. The number of aliphatic hydroxyl groups is 1. The van der Waals surface area contributed by atoms with E-state index >= 15 is 0 Å². The van der Waals surface area contributed by atoms with Crippen molar-refractivity contribution in [1.82, 2.24) is 10.2 Å². The molecule has 1 aliphatic heterocycles. The number of amides is 1. The maximum absolute atomic E-state index is 12.3. The summed E-state index contributed by atoms with van der Waals surface area (Å²) < 4.78 is 5.18. The highest BCUT2D eigenvalue weighted by Crippen LogP contribution is 2.18. The van der Waals surface area contributed by atoms with Crippen LogP contribution in [0.2, 0.25) is 0 Å². The third kappa shape index (κ3) is 4.45. The van der Waals surface area contributed by atoms with Gasteiger partial charge in [-0.15, -0.1) is 0 Å². The molecule has 22 heavy (non-hydrogen) atoms. The lowest BCUT2D eigenvalue weighted by Gasteiger charge is -2.34. The molecule has 0 aromatic heterocycles. The Kier molecular flexibility index (Phi) is 6.21. The van der Waals surface area contributed by atoms with Gasteiger partial charge in [-0.25, -0.2) is 0 Å². The van der Waals surface area contributed by atoms with Crippen LogP contribution < -0.4 is 10.1 Å². The second kappa shape index (κ2) is 8.15. The summed E-state index contributed by atoms with van der Waals surface area (Å²) in [5, 5.41) is 12.2. The highest BCUT2D eigenvalue weighted by Gasteiger charge is 2.26. The van der Waals surface area contributed by atoms with Gasteiger partial charge >= 0.3 is 0 Å². The zero-order valence-corrected chi connectivity index (χ0v) is 13.4. The van der Waals surface area contributed by atoms with Crippen LogP contribution in [0.4, 0.5) is 0 Å². The van der Waals surface area contributed by atoms with E-state index in [0.717, 1.165) is 37.2 Å². The lowest BCUT2D eigenvalue weighted by molar-refractivity contribution is -0.126. The Bertz CT molecular complexity index is 485. The molecule has 1 fully saturated rings. The molecular weight excluding hydrogens is 280 g/mol. The highest BCUT2D eigenvalue weighted by molar-refractivity contribution is 5.81. The molecule has 1 atom stereocenters. The van der Waals surface area contributed by atoms with Crippen LogP contribution in [-0.4, -0.2) is 48.8 Å². The first-order valence-electron chi connectivity index (χ1n) is 7.89. The van der Waals surface area contributed by atoms with Crippen LogP contribution in [0.3, 0.4) is 0 Å². The summed E-state index contributed by atoms with van der Waals surface area (Å²) in [6, 6.07) is 7.57. The third-order valence-corrected chi connectivity index (χ3v) is 4.44. The van der Waals surface area contributed by atoms with Crippen molar-refractivity contribution in [3.8, 4) is 5.75 Å². The maximum Gasteiger partial charge on any atom is 0.237 e. The quantitative estimate of drug-likeness (QED) is 0.834. The van der Waals surface area contributed by atoms with Gasteiger partial charge in [-0.05, 0) is 56.5 Å². The lowest BCUT2D eigenvalue weighted by atomic mass is 9.97. The standard InChI is InChI=1S/C17H26N2O3/c1-13(19-8-6-14(12-20)7-9-19)17(21)18-11-15-4-3-5-16(10-15)22-2/h3-5,10,13-14,20H,6-9,11-12H2,1-2H3,(H,18,21). The fourth-order valence-corrected chi connectivity index (χ4v) is 2.81. The number of nitrogens with one attached hydrogen (secondary N) is 1. The van der Waals surface area contributed by atoms with Crippen molar-refractivity contribution in [1.29, 1.82) is 0 Å². The number of likely N-dealkylation sites (tertiary alicyclic amines) is 1. The van der Waals surface area contributed by atoms with Crippen molar-refractivity contribution in [2.24, 2.45) is 5.92 Å². The number of methoxy groups -OCH3 is 1. The van der Waals surface area contributed by atoms with Gasteiger partial charge in [0.05, 0.1) is 13.2 Å². The molecular formula is C17H26N2O3. The topological polar surface area (TPSA) is 61.8 Å². The van der Waals surface area contributed by atoms with Gasteiger partial charge in [0.15, 0.2) is 0 Å². The van der Waals surface area contributed by atoms with E-state index in [4.69, 9.17) is 4.74 Å². The molecule has 0 spiro atoms. The van der Waals surface area contributed by atoms with Crippen molar-refractivity contribution in [3.63, 3.8) is 0 Å². The Morgan fingerprint density at radius 3 is 2.82 bits per heavy atom. The number of ether oxygens (including phenoxy) is 1. The normalized spacial score (nSPS) is 18.0. The molecule has 0 aliphatic carbocycles. The zero-order chi connectivity index (χ0) is 15.9. The van der Waals surface area contributed by atoms with Gasteiger partial charge < -0.3 is 15.2 Å². The van der Waals surface area contributed by atoms with E-state index < -0.39 is 0 Å². The van der Waals surface area contributed by atoms with E-state index in [1.54, 1.807) is 7.11 Å². The zero-order valence-electron chi connectivity index (χ0n) is 13.4. The van der Waals surface area contributed by atoms with Gasteiger partial charge in [-0.3, -0.25) is 9.69 Å². The molecule has 0 bridgehead atoms. The van der Waals surface area contributed by atoms with Crippen LogP contribution in [0.15, 0.2) is 24.3 Å². The number of aliphatic hydroxyl groups excluding tert-OH is 1. The van der Waals surface area contributed by atoms with E-state index in [1.165, 1.54) is 0 Å². The van der Waals surface area contributed by atoms with Crippen LogP contribution in [-0.2, 0) is 11.3 Å². The minimum absolute atomic E-state index is 0.0465. The predicted octanol–water partition coefficient (Wildman–Crippen LogP) is 1.40. The van der Waals surface area contributed by atoms with Crippen molar-refractivity contribution in [3.05, 3.63) is 29.8 Å². The van der Waals surface area contributed by atoms with Crippen LogP contribution in [0.5, 0.6) is 5.75 Å². The molecule has 122 valence electrons. The molecule has 5 nitrogen and oxygen atoms in total. The molecule has 0 saturated carbocycles. The number of nitrogens with zero attached hydrogens (tertiary/aromatic N) is 1. The van der Waals surface area contributed by atoms with Gasteiger partial charge in [0.25, 0.3) is 0 Å². The largest absolute Gasteiger partial charge is 0.497 e. The summed E-state index contributed by atoms with van der Waals surface area (Å²) in [6.45, 7) is 4.45. The number of hydrogen-bond acceptors (Lipinski definition) is 4. The van der Waals surface area contributed by atoms with Gasteiger partial charge in [0, 0.05) is 13.2 Å². The summed E-state index contributed by atoms with van der Waals surface area (Å²) in [4.78, 5) is 14.5. The number of rotatable bonds is 6. The molecule has 1 heterocycles. The molecule has 5 heteroatoms. The third-order valence-electron chi connectivity index (χ3n) is 4.44. The molecule has 1 aromatic carbocycles. The van der Waals surface area contributed by atoms with Crippen LogP contribution in [0.25, 0.3) is 0 Å². The van der Waals surface area contributed by atoms with E-state index in [0.29, 0.717) is 12.5 Å². The minimum atomic E-state index is -0.134. The minimum Gasteiger partial charge on any atom is -0.497 e. The molecule has 1 unspecified atom stereocenters. The summed E-state index contributed by atoms with van der Waals surface area (Å²) in [5.74, 6) is 1.24. The number of benzene rings is 1. The summed E-state index contributed by atoms with van der Waals surface area (Å²) in [6.07, 6.45) is 1.92. The first-order valence-corrected chi connectivity index (χ1v) is 7.89. The fourth-order valence-electron chi connectivity index (χ4n) is 2.81. The second-order valence-electron chi connectivity index (χ2n) is 5.91. The average molecular weight is 306 g/mol. The molecule has 0 radical (unpaired) electrons. The Morgan fingerprint density at radius 2 is 2.18 bits per heavy atom. The second-order valence-corrected chi connectivity index (χ2v) is 5.91. The van der Waals surface area contributed by atoms with Crippen LogP contribution in [0, 0.1) is 5.92 Å². The van der Waals surface area contributed by atoms with Gasteiger partial charge in [-0.1, -0.05) is 12.1 Å². The van der Waals surface area contributed by atoms with E-state index in [9.17, 15) is 9.90 Å². The Hall–Kier alpha value is -1.59. The van der Waals surface area contributed by atoms with Gasteiger partial charge in [0.2, 0.25) is 5.91 Å². The number of carbonyl (C=O) groups excluding carboxylic acids is 1. The first-order chi connectivity index (χ1) is 10.6. The van der Waals surface area contributed by atoms with Crippen molar-refractivity contribution in [2.75, 3.05) is 26.8 Å². The lowest BCUT2D eigenvalue weighted by Crippen LogP contribution is -2.48. The van der Waals surface area contributed by atoms with Crippen LogP contribution >= 0.6 is 0 Å². The Morgan fingerprint density at radius 1 is 1.45 bits per heavy atom. The van der Waals surface area contributed by atoms with Crippen molar-refractivity contribution >= 4 is 5.91 Å². The fraction of sp³-hybridized carbons (Fsp3) is 0.588. The van der Waals surface area contributed by atoms with Crippen molar-refractivity contribution in [2.45, 2.75) is 32.4 Å². The molecule has 1 aliphatic rings. The van der Waals surface area contributed by atoms with Gasteiger partial charge in [0.1, 0.15) is 5.75 Å². The SMILES string of the molecule is COc1cccc(CNC(=O)C(C)N2CCC(CO)CC2)c1. The summed E-state index contributed by atoms with van der Waals surface area (Å²) in [7, 11) is 1.63. The number of hydrogen-bond donors (Lipinski definition) is 2. The number of carbonyl (C=O) groups is 1. The monoisotopic (exact) mass is 306 g/mol. The average Bonchev–Trinajstić information content (AvgIpc) is 2.59. The molecule has 1 saturated heterocycles. The summed E-state index contributed by atoms with van der Waals surface area (Å²) >= 11 is 0. The Labute approximate surface area is 132 Å². The first kappa shape index (κ1) is 16.8.